The summed E-state index contributed by atoms with van der Waals surface area (Å²) in [4.78, 5) is 0. The fraction of sp³-hybridized carbons (Fsp3) is 0.250. The molecule has 0 unspecified atom stereocenters. The predicted octanol–water partition coefficient (Wildman–Crippen LogP) is 4.26. The Hall–Kier alpha value is -4.08. The van der Waals surface area contributed by atoms with Crippen LogP contribution in [-0.4, -0.2) is 50.0 Å². The van der Waals surface area contributed by atoms with Gasteiger partial charge in [-0.15, -0.1) is 0 Å². The topological polar surface area (TPSA) is 83.1 Å². The van der Waals surface area contributed by atoms with Crippen LogP contribution in [0.1, 0.15) is 0 Å². The van der Waals surface area contributed by atoms with Crippen LogP contribution in [0.4, 0.5) is 0 Å². The number of hydrogen-bond acceptors (Lipinski definition) is 9. The van der Waals surface area contributed by atoms with E-state index in [1.807, 2.05) is 0 Å². The summed E-state index contributed by atoms with van der Waals surface area (Å²) < 4.78 is 50.1. The summed E-state index contributed by atoms with van der Waals surface area (Å²) in [6, 6.07) is 15.3. The minimum Gasteiger partial charge on any atom is -0.496 e. The van der Waals surface area contributed by atoms with E-state index in [4.69, 9.17) is 42.4 Å². The largest absolute Gasteiger partial charge is 0.864 e. The average Bonchev–Trinajstić information content (AvgIpc) is 2.87. The maximum absolute atomic E-state index is 6.03. The molecule has 0 amide bonds. The van der Waals surface area contributed by atoms with Gasteiger partial charge in [-0.2, -0.15) is 0 Å². The predicted molar refractivity (Wildman–Crippen MR) is 126 cm³/mol. The van der Waals surface area contributed by atoms with Crippen molar-refractivity contribution in [3.8, 4) is 51.7 Å². The summed E-state index contributed by atoms with van der Waals surface area (Å²) in [7, 11) is 8.07. The molecule has 180 valence electrons. The van der Waals surface area contributed by atoms with Crippen LogP contribution in [0.2, 0.25) is 0 Å². The first-order chi connectivity index (χ1) is 16.5. The Balaban J connectivity index is 1.96. The fourth-order valence-corrected chi connectivity index (χ4v) is 2.95. The lowest BCUT2D eigenvalue weighted by molar-refractivity contribution is 0.301. The van der Waals surface area contributed by atoms with Gasteiger partial charge in [-0.25, -0.2) is 0 Å². The fourth-order valence-electron chi connectivity index (χ4n) is 2.95. The maximum Gasteiger partial charge on any atom is 0.864 e. The summed E-state index contributed by atoms with van der Waals surface area (Å²) >= 11 is 0. The molecule has 0 atom stereocenters. The van der Waals surface area contributed by atoms with E-state index in [-0.39, 0.29) is 0 Å². The summed E-state index contributed by atoms with van der Waals surface area (Å²) in [5, 5.41) is 0. The molecule has 0 heterocycles. The molecular weight excluding hydrogens is 443 g/mol. The van der Waals surface area contributed by atoms with Gasteiger partial charge in [0.25, 0.3) is 0 Å². The highest BCUT2D eigenvalue weighted by Crippen LogP contribution is 2.32. The first-order valence-corrected chi connectivity index (χ1v) is 10.2. The van der Waals surface area contributed by atoms with E-state index in [2.05, 4.69) is 0 Å². The van der Waals surface area contributed by atoms with E-state index in [9.17, 15) is 0 Å². The molecule has 0 saturated carbocycles. The van der Waals surface area contributed by atoms with Crippen LogP contribution in [0.3, 0.4) is 0 Å². The molecule has 0 saturated heterocycles. The molecule has 10 heteroatoms. The Morgan fingerprint density at radius 1 is 0.324 bits per heavy atom. The zero-order valence-electron chi connectivity index (χ0n) is 19.9. The lowest BCUT2D eigenvalue weighted by atomic mass is 10.1. The third-order valence-electron chi connectivity index (χ3n) is 4.67. The Kier molecular flexibility index (Phi) is 8.45. The van der Waals surface area contributed by atoms with Gasteiger partial charge in [-0.1, -0.05) is 0 Å². The van der Waals surface area contributed by atoms with Crippen LogP contribution < -0.4 is 42.4 Å². The number of ether oxygens (including phenoxy) is 6. The molecular formula is C24H27BO9. The van der Waals surface area contributed by atoms with Crippen LogP contribution >= 0.6 is 0 Å². The van der Waals surface area contributed by atoms with Gasteiger partial charge in [0.05, 0.1) is 42.7 Å². The molecule has 0 aliphatic heterocycles. The van der Waals surface area contributed by atoms with E-state index in [1.165, 1.54) is 0 Å². The van der Waals surface area contributed by atoms with E-state index >= 15 is 0 Å². The molecule has 0 spiro atoms. The van der Waals surface area contributed by atoms with Crippen molar-refractivity contribution in [2.45, 2.75) is 0 Å². The molecule has 0 aromatic heterocycles. The van der Waals surface area contributed by atoms with Crippen molar-refractivity contribution in [2.24, 2.45) is 0 Å². The number of hydrogen-bond donors (Lipinski definition) is 0. The van der Waals surface area contributed by atoms with Gasteiger partial charge in [0, 0.05) is 54.6 Å². The van der Waals surface area contributed by atoms with Gasteiger partial charge in [0.1, 0.15) is 51.7 Å². The maximum atomic E-state index is 6.03. The lowest BCUT2D eigenvalue weighted by Crippen LogP contribution is -2.37. The van der Waals surface area contributed by atoms with Crippen LogP contribution in [0.25, 0.3) is 0 Å². The zero-order chi connectivity index (χ0) is 24.5. The van der Waals surface area contributed by atoms with E-state index in [0.717, 1.165) is 0 Å². The molecule has 34 heavy (non-hydrogen) atoms. The van der Waals surface area contributed by atoms with Crippen molar-refractivity contribution in [2.75, 3.05) is 42.7 Å². The molecule has 3 rings (SSSR count). The van der Waals surface area contributed by atoms with E-state index < -0.39 is 7.32 Å². The minimum atomic E-state index is -1.23. The number of methoxy groups -OCH3 is 6. The molecule has 9 nitrogen and oxygen atoms in total. The van der Waals surface area contributed by atoms with E-state index in [0.29, 0.717) is 51.7 Å². The lowest BCUT2D eigenvalue weighted by Gasteiger charge is -2.19. The molecule has 3 aromatic rings. The highest BCUT2D eigenvalue weighted by Gasteiger charge is 2.32. The average molecular weight is 470 g/mol. The normalized spacial score (nSPS) is 10.1. The first kappa shape index (κ1) is 24.6. The van der Waals surface area contributed by atoms with Gasteiger partial charge in [-0.3, -0.25) is 0 Å². The third-order valence-corrected chi connectivity index (χ3v) is 4.67. The summed E-state index contributed by atoms with van der Waals surface area (Å²) in [5.41, 5.74) is 0. The second kappa shape index (κ2) is 11.7. The van der Waals surface area contributed by atoms with Crippen LogP contribution in [0.15, 0.2) is 54.6 Å². The third kappa shape index (κ3) is 6.47. The summed E-state index contributed by atoms with van der Waals surface area (Å²) in [5.74, 6) is 4.43. The van der Waals surface area contributed by atoms with E-state index in [1.54, 1.807) is 97.3 Å². The highest BCUT2D eigenvalue weighted by atomic mass is 16.7. The molecule has 0 bridgehead atoms. The zero-order valence-corrected chi connectivity index (χ0v) is 19.9. The van der Waals surface area contributed by atoms with Crippen molar-refractivity contribution in [1.82, 2.24) is 0 Å². The van der Waals surface area contributed by atoms with Crippen molar-refractivity contribution < 1.29 is 42.4 Å². The monoisotopic (exact) mass is 470 g/mol. The SMILES string of the molecule is COc1cc(OC)cc(OB(Oc2cc(OC)cc(OC)c2)Oc2cc(OC)cc(OC)c2)c1. The minimum absolute atomic E-state index is 0.394. The van der Waals surface area contributed by atoms with Gasteiger partial charge in [0.2, 0.25) is 0 Å². The van der Waals surface area contributed by atoms with Crippen LogP contribution in [-0.2, 0) is 0 Å². The van der Waals surface area contributed by atoms with Crippen molar-refractivity contribution >= 4 is 7.32 Å². The molecule has 3 aromatic carbocycles. The Morgan fingerprint density at radius 2 is 0.500 bits per heavy atom. The second-order valence-electron chi connectivity index (χ2n) is 6.79. The summed E-state index contributed by atoms with van der Waals surface area (Å²) in [6.45, 7) is 0. The highest BCUT2D eigenvalue weighted by molar-refractivity contribution is 6.39. The molecule has 0 N–H and O–H groups in total. The van der Waals surface area contributed by atoms with Gasteiger partial charge >= 0.3 is 7.32 Å². The van der Waals surface area contributed by atoms with Gasteiger partial charge in [0.15, 0.2) is 0 Å². The van der Waals surface area contributed by atoms with Gasteiger partial charge < -0.3 is 42.4 Å². The second-order valence-corrected chi connectivity index (χ2v) is 6.79. The smallest absolute Gasteiger partial charge is 0.496 e. The van der Waals surface area contributed by atoms with Crippen molar-refractivity contribution in [1.29, 1.82) is 0 Å². The standard InChI is InChI=1S/C24H27BO9/c1-26-16-7-17(27-2)11-22(10-16)32-25(33-23-12-18(28-3)8-19(13-23)29-4)34-24-14-20(30-5)9-21(15-24)31-6/h7-15H,1-6H3. The first-order valence-electron chi connectivity index (χ1n) is 10.2. The van der Waals surface area contributed by atoms with Crippen LogP contribution in [0.5, 0.6) is 51.7 Å². The Morgan fingerprint density at radius 3 is 0.676 bits per heavy atom. The Bertz CT molecular complexity index is 887. The molecule has 0 fully saturated rings. The number of benzene rings is 3. The number of rotatable bonds is 12. The quantitative estimate of drug-likeness (QED) is 0.361. The van der Waals surface area contributed by atoms with Gasteiger partial charge in [-0.05, 0) is 0 Å². The van der Waals surface area contributed by atoms with Crippen molar-refractivity contribution in [3.05, 3.63) is 54.6 Å². The Labute approximate surface area is 199 Å². The van der Waals surface area contributed by atoms with Crippen molar-refractivity contribution in [3.63, 3.8) is 0 Å². The summed E-state index contributed by atoms with van der Waals surface area (Å²) in [6.07, 6.45) is 0. The molecule has 0 radical (unpaired) electrons. The molecule has 0 aliphatic carbocycles. The van der Waals surface area contributed by atoms with Crippen LogP contribution in [0, 0.1) is 0 Å². The molecule has 0 aliphatic rings.